The van der Waals surface area contributed by atoms with Crippen molar-refractivity contribution in [2.75, 3.05) is 13.7 Å². The third-order valence-corrected chi connectivity index (χ3v) is 4.67. The van der Waals surface area contributed by atoms with Crippen molar-refractivity contribution in [2.24, 2.45) is 0 Å². The maximum Gasteiger partial charge on any atom is 0.337 e. The number of aromatic carboxylic acids is 1. The Kier molecular flexibility index (Phi) is 4.44. The Hall–Kier alpha value is -2.89. The molecule has 0 saturated heterocycles. The summed E-state index contributed by atoms with van der Waals surface area (Å²) in [5.74, 6) is -0.527. The molecule has 25 heavy (non-hydrogen) atoms. The van der Waals surface area contributed by atoms with Crippen LogP contribution in [-0.4, -0.2) is 35.6 Å². The number of pyridine rings is 1. The van der Waals surface area contributed by atoms with Crippen molar-refractivity contribution >= 4 is 11.9 Å². The maximum atomic E-state index is 12.4. The number of para-hydroxylation sites is 1. The van der Waals surface area contributed by atoms with E-state index < -0.39 is 5.97 Å². The molecule has 1 aromatic heterocycles. The number of amides is 1. The molecule has 1 aliphatic rings. The van der Waals surface area contributed by atoms with E-state index in [9.17, 15) is 9.59 Å². The summed E-state index contributed by atoms with van der Waals surface area (Å²) >= 11 is 0. The van der Waals surface area contributed by atoms with Gasteiger partial charge in [-0.25, -0.2) is 9.78 Å². The van der Waals surface area contributed by atoms with Gasteiger partial charge in [-0.2, -0.15) is 0 Å². The SMILES string of the molecule is COc1ccccc1C1(CNC(=O)c2ccc(C(=O)O)c(C)n2)CC1. The fraction of sp³-hybridized carbons (Fsp3) is 0.316. The summed E-state index contributed by atoms with van der Waals surface area (Å²) in [7, 11) is 1.64. The molecule has 6 nitrogen and oxygen atoms in total. The van der Waals surface area contributed by atoms with Crippen molar-refractivity contribution in [1.82, 2.24) is 10.3 Å². The number of carboxylic acid groups (broad SMARTS) is 1. The summed E-state index contributed by atoms with van der Waals surface area (Å²) in [6, 6.07) is 10.7. The van der Waals surface area contributed by atoms with Crippen molar-refractivity contribution in [3.63, 3.8) is 0 Å². The van der Waals surface area contributed by atoms with E-state index in [1.54, 1.807) is 14.0 Å². The molecule has 2 N–H and O–H groups in total. The minimum Gasteiger partial charge on any atom is -0.496 e. The van der Waals surface area contributed by atoms with Crippen LogP contribution in [0, 0.1) is 6.92 Å². The van der Waals surface area contributed by atoms with Crippen LogP contribution in [0.25, 0.3) is 0 Å². The molecule has 0 atom stereocenters. The van der Waals surface area contributed by atoms with Crippen LogP contribution in [-0.2, 0) is 5.41 Å². The lowest BCUT2D eigenvalue weighted by atomic mass is 9.95. The smallest absolute Gasteiger partial charge is 0.337 e. The maximum absolute atomic E-state index is 12.4. The Labute approximate surface area is 145 Å². The van der Waals surface area contributed by atoms with Gasteiger partial charge in [-0.1, -0.05) is 18.2 Å². The topological polar surface area (TPSA) is 88.5 Å². The number of ether oxygens (including phenoxy) is 1. The van der Waals surface area contributed by atoms with Crippen LogP contribution in [0.3, 0.4) is 0 Å². The van der Waals surface area contributed by atoms with Gasteiger partial charge < -0.3 is 15.2 Å². The van der Waals surface area contributed by atoms with E-state index in [1.807, 2.05) is 24.3 Å². The van der Waals surface area contributed by atoms with Crippen molar-refractivity contribution in [2.45, 2.75) is 25.2 Å². The van der Waals surface area contributed by atoms with E-state index in [2.05, 4.69) is 10.3 Å². The fourth-order valence-electron chi connectivity index (χ4n) is 3.03. The summed E-state index contributed by atoms with van der Waals surface area (Å²) in [6.07, 6.45) is 1.97. The number of carboxylic acids is 1. The largest absolute Gasteiger partial charge is 0.496 e. The van der Waals surface area contributed by atoms with E-state index in [0.29, 0.717) is 12.2 Å². The van der Waals surface area contributed by atoms with Crippen LogP contribution in [0.15, 0.2) is 36.4 Å². The normalized spacial score (nSPS) is 14.6. The van der Waals surface area contributed by atoms with Crippen molar-refractivity contribution in [3.05, 3.63) is 58.9 Å². The number of nitrogens with one attached hydrogen (secondary N) is 1. The number of aromatic nitrogens is 1. The molecule has 0 aliphatic heterocycles. The van der Waals surface area contributed by atoms with Crippen molar-refractivity contribution in [3.8, 4) is 5.75 Å². The number of carbonyl (C=O) groups is 2. The highest BCUT2D eigenvalue weighted by molar-refractivity contribution is 5.94. The predicted molar refractivity (Wildman–Crippen MR) is 92.2 cm³/mol. The molecule has 2 aromatic rings. The molecule has 6 heteroatoms. The van der Waals surface area contributed by atoms with Gasteiger partial charge in [0.2, 0.25) is 0 Å². The zero-order chi connectivity index (χ0) is 18.0. The summed E-state index contributed by atoms with van der Waals surface area (Å²) < 4.78 is 5.43. The van der Waals surface area contributed by atoms with E-state index in [1.165, 1.54) is 12.1 Å². The Morgan fingerprint density at radius 2 is 1.96 bits per heavy atom. The minimum atomic E-state index is -1.05. The van der Waals surface area contributed by atoms with Gasteiger partial charge in [0.25, 0.3) is 5.91 Å². The number of hydrogen-bond acceptors (Lipinski definition) is 4. The molecule has 0 radical (unpaired) electrons. The molecular weight excluding hydrogens is 320 g/mol. The van der Waals surface area contributed by atoms with E-state index >= 15 is 0 Å². The van der Waals surface area contributed by atoms with Gasteiger partial charge in [-0.3, -0.25) is 4.79 Å². The molecular formula is C19H20N2O4. The number of rotatable bonds is 6. The highest BCUT2D eigenvalue weighted by atomic mass is 16.5. The van der Waals surface area contributed by atoms with Gasteiger partial charge in [-0.05, 0) is 38.0 Å². The lowest BCUT2D eigenvalue weighted by Crippen LogP contribution is -2.33. The summed E-state index contributed by atoms with van der Waals surface area (Å²) in [5, 5.41) is 12.0. The third kappa shape index (κ3) is 3.33. The number of benzene rings is 1. The highest BCUT2D eigenvalue weighted by Crippen LogP contribution is 2.50. The Bertz CT molecular complexity index is 828. The monoisotopic (exact) mass is 340 g/mol. The third-order valence-electron chi connectivity index (χ3n) is 4.67. The van der Waals surface area contributed by atoms with Gasteiger partial charge in [0.1, 0.15) is 11.4 Å². The number of carbonyl (C=O) groups excluding carboxylic acids is 1. The molecule has 3 rings (SSSR count). The molecule has 0 bridgehead atoms. The quantitative estimate of drug-likeness (QED) is 0.844. The van der Waals surface area contributed by atoms with Crippen LogP contribution in [0.1, 0.15) is 44.9 Å². The van der Waals surface area contributed by atoms with E-state index in [4.69, 9.17) is 9.84 Å². The Balaban J connectivity index is 1.72. The molecule has 0 spiro atoms. The molecule has 1 aliphatic carbocycles. The first-order valence-corrected chi connectivity index (χ1v) is 8.09. The van der Waals surface area contributed by atoms with Crippen molar-refractivity contribution in [1.29, 1.82) is 0 Å². The second kappa shape index (κ2) is 6.55. The lowest BCUT2D eigenvalue weighted by Gasteiger charge is -2.19. The zero-order valence-corrected chi connectivity index (χ0v) is 14.2. The number of aryl methyl sites for hydroxylation is 1. The van der Waals surface area contributed by atoms with Crippen LogP contribution < -0.4 is 10.1 Å². The first-order valence-electron chi connectivity index (χ1n) is 8.09. The first-order chi connectivity index (χ1) is 12.0. The van der Waals surface area contributed by atoms with Crippen LogP contribution >= 0.6 is 0 Å². The van der Waals surface area contributed by atoms with Crippen LogP contribution in [0.4, 0.5) is 0 Å². The van der Waals surface area contributed by atoms with Crippen LogP contribution in [0.2, 0.25) is 0 Å². The lowest BCUT2D eigenvalue weighted by molar-refractivity contribution is 0.0694. The fourth-order valence-corrected chi connectivity index (χ4v) is 3.03. The van der Waals surface area contributed by atoms with E-state index in [0.717, 1.165) is 24.2 Å². The summed E-state index contributed by atoms with van der Waals surface area (Å²) in [6.45, 7) is 2.07. The van der Waals surface area contributed by atoms with Gasteiger partial charge in [0, 0.05) is 17.5 Å². The number of methoxy groups -OCH3 is 1. The molecule has 1 heterocycles. The van der Waals surface area contributed by atoms with Crippen molar-refractivity contribution < 1.29 is 19.4 Å². The number of hydrogen-bond donors (Lipinski definition) is 2. The Morgan fingerprint density at radius 1 is 1.24 bits per heavy atom. The van der Waals surface area contributed by atoms with Gasteiger partial charge >= 0.3 is 5.97 Å². The second-order valence-corrected chi connectivity index (χ2v) is 6.30. The Morgan fingerprint density at radius 3 is 2.56 bits per heavy atom. The average molecular weight is 340 g/mol. The second-order valence-electron chi connectivity index (χ2n) is 6.30. The summed E-state index contributed by atoms with van der Waals surface area (Å²) in [5.41, 5.74) is 1.65. The number of nitrogens with zero attached hydrogens (tertiary/aromatic N) is 1. The average Bonchev–Trinajstić information content (AvgIpc) is 3.40. The van der Waals surface area contributed by atoms with Crippen LogP contribution in [0.5, 0.6) is 5.75 Å². The molecule has 130 valence electrons. The molecule has 0 unspecified atom stereocenters. The standard InChI is InChI=1S/C19H20N2O4/c1-12-13(18(23)24)7-8-15(21-12)17(22)20-11-19(9-10-19)14-5-3-4-6-16(14)25-2/h3-8H,9-11H2,1-2H3,(H,20,22)(H,23,24). The minimum absolute atomic E-state index is 0.0989. The van der Waals surface area contributed by atoms with Gasteiger partial charge in [0.05, 0.1) is 18.4 Å². The molecule has 1 aromatic carbocycles. The van der Waals surface area contributed by atoms with Gasteiger partial charge in [0.15, 0.2) is 0 Å². The summed E-state index contributed by atoms with van der Waals surface area (Å²) in [4.78, 5) is 27.5. The molecule has 1 amide bonds. The molecule has 1 saturated carbocycles. The first kappa shape index (κ1) is 17.0. The van der Waals surface area contributed by atoms with Gasteiger partial charge in [-0.15, -0.1) is 0 Å². The zero-order valence-electron chi connectivity index (χ0n) is 14.2. The molecule has 1 fully saturated rings. The van der Waals surface area contributed by atoms with E-state index in [-0.39, 0.29) is 22.6 Å². The predicted octanol–water partition coefficient (Wildman–Crippen LogP) is 2.56. The highest BCUT2D eigenvalue weighted by Gasteiger charge is 2.46.